The second kappa shape index (κ2) is 8.66. The van der Waals surface area contributed by atoms with Gasteiger partial charge in [0, 0.05) is 13.0 Å². The molecule has 0 aliphatic heterocycles. The molecule has 1 heterocycles. The van der Waals surface area contributed by atoms with Crippen molar-refractivity contribution in [2.24, 2.45) is 5.92 Å². The number of rotatable bonds is 9. The molecule has 0 spiro atoms. The van der Waals surface area contributed by atoms with Gasteiger partial charge >= 0.3 is 5.97 Å². The van der Waals surface area contributed by atoms with Crippen LogP contribution >= 0.6 is 11.8 Å². The lowest BCUT2D eigenvalue weighted by molar-refractivity contribution is -0.138. The molecule has 1 amide bonds. The van der Waals surface area contributed by atoms with Crippen LogP contribution in [0.15, 0.2) is 16.5 Å². The summed E-state index contributed by atoms with van der Waals surface area (Å²) in [6.07, 6.45) is 0.603. The van der Waals surface area contributed by atoms with Gasteiger partial charge in [-0.3, -0.25) is 9.59 Å². The first-order chi connectivity index (χ1) is 9.92. The standard InChI is InChI=1S/C13H17F2NO4S/c1-2-8(5-11(17)18)6-16-12(19)10-4-3-9(20-10)7-21-13(14)15/h3-4,8,13H,2,5-7H2,1H3,(H,16,19)(H,17,18). The van der Waals surface area contributed by atoms with Crippen LogP contribution in [0.25, 0.3) is 0 Å². The quantitative estimate of drug-likeness (QED) is 0.731. The van der Waals surface area contributed by atoms with E-state index in [9.17, 15) is 18.4 Å². The molecule has 0 bridgehead atoms. The summed E-state index contributed by atoms with van der Waals surface area (Å²) in [6, 6.07) is 2.88. The summed E-state index contributed by atoms with van der Waals surface area (Å²) in [7, 11) is 0. The number of nitrogens with one attached hydrogen (secondary N) is 1. The van der Waals surface area contributed by atoms with Crippen molar-refractivity contribution < 1.29 is 27.9 Å². The molecule has 1 aromatic heterocycles. The van der Waals surface area contributed by atoms with E-state index < -0.39 is 17.6 Å². The number of halogens is 2. The molecule has 0 aliphatic carbocycles. The molecule has 21 heavy (non-hydrogen) atoms. The van der Waals surface area contributed by atoms with Crippen molar-refractivity contribution in [1.29, 1.82) is 0 Å². The summed E-state index contributed by atoms with van der Waals surface area (Å²) >= 11 is 0.414. The van der Waals surface area contributed by atoms with Gasteiger partial charge in [-0.15, -0.1) is 0 Å². The number of amides is 1. The van der Waals surface area contributed by atoms with Crippen molar-refractivity contribution in [2.75, 3.05) is 6.54 Å². The molecule has 1 rings (SSSR count). The highest BCUT2D eigenvalue weighted by Gasteiger charge is 2.16. The van der Waals surface area contributed by atoms with E-state index in [-0.39, 0.29) is 30.4 Å². The summed E-state index contributed by atoms with van der Waals surface area (Å²) in [5.41, 5.74) is 0. The number of carbonyl (C=O) groups excluding carboxylic acids is 1. The molecule has 0 saturated carbocycles. The molecule has 0 saturated heterocycles. The Bertz CT molecular complexity index is 478. The second-order valence-corrected chi connectivity index (χ2v) is 5.40. The lowest BCUT2D eigenvalue weighted by atomic mass is 10.0. The first kappa shape index (κ1) is 17.5. The fraction of sp³-hybridized carbons (Fsp3) is 0.538. The number of carboxylic acids is 1. The van der Waals surface area contributed by atoms with Crippen LogP contribution in [0.1, 0.15) is 36.1 Å². The lowest BCUT2D eigenvalue weighted by Gasteiger charge is -2.12. The van der Waals surface area contributed by atoms with E-state index in [1.807, 2.05) is 6.92 Å². The van der Waals surface area contributed by atoms with Gasteiger partial charge in [0.25, 0.3) is 11.7 Å². The Morgan fingerprint density at radius 3 is 2.71 bits per heavy atom. The zero-order chi connectivity index (χ0) is 15.8. The maximum atomic E-state index is 12.0. The minimum Gasteiger partial charge on any atom is -0.481 e. The maximum absolute atomic E-state index is 12.0. The number of alkyl halides is 2. The van der Waals surface area contributed by atoms with Gasteiger partial charge in [-0.2, -0.15) is 8.78 Å². The molecule has 1 atom stereocenters. The third kappa shape index (κ3) is 6.61. The predicted octanol–water partition coefficient (Wildman–Crippen LogP) is 2.97. The minimum atomic E-state index is -2.49. The van der Waals surface area contributed by atoms with E-state index in [0.29, 0.717) is 23.9 Å². The molecular weight excluding hydrogens is 304 g/mol. The number of aliphatic carboxylic acids is 1. The molecule has 1 aromatic rings. The van der Waals surface area contributed by atoms with Crippen LogP contribution in [0, 0.1) is 5.92 Å². The molecule has 8 heteroatoms. The number of furan rings is 1. The van der Waals surface area contributed by atoms with Crippen molar-refractivity contribution >= 4 is 23.6 Å². The molecule has 118 valence electrons. The Morgan fingerprint density at radius 2 is 2.14 bits per heavy atom. The second-order valence-electron chi connectivity index (χ2n) is 4.42. The highest BCUT2D eigenvalue weighted by atomic mass is 32.2. The fourth-order valence-electron chi connectivity index (χ4n) is 1.65. The molecular formula is C13H17F2NO4S. The Kier molecular flexibility index (Phi) is 7.21. The normalized spacial score (nSPS) is 12.4. The molecule has 0 radical (unpaired) electrons. The summed E-state index contributed by atoms with van der Waals surface area (Å²) in [5, 5.41) is 11.3. The van der Waals surface area contributed by atoms with Crippen molar-refractivity contribution in [3.8, 4) is 0 Å². The van der Waals surface area contributed by atoms with Crippen molar-refractivity contribution in [3.05, 3.63) is 23.7 Å². The smallest absolute Gasteiger partial charge is 0.303 e. The summed E-state index contributed by atoms with van der Waals surface area (Å²) in [6.45, 7) is 2.07. The average Bonchev–Trinajstić information content (AvgIpc) is 2.89. The Morgan fingerprint density at radius 1 is 1.43 bits per heavy atom. The summed E-state index contributed by atoms with van der Waals surface area (Å²) in [4.78, 5) is 22.4. The Labute approximate surface area is 125 Å². The van der Waals surface area contributed by atoms with E-state index in [1.165, 1.54) is 12.1 Å². The Balaban J connectivity index is 2.46. The number of carboxylic acid groups (broad SMARTS) is 1. The van der Waals surface area contributed by atoms with E-state index in [4.69, 9.17) is 9.52 Å². The topological polar surface area (TPSA) is 79.5 Å². The van der Waals surface area contributed by atoms with Crippen LogP contribution < -0.4 is 5.32 Å². The highest BCUT2D eigenvalue weighted by molar-refractivity contribution is 7.98. The van der Waals surface area contributed by atoms with Gasteiger partial charge in [-0.25, -0.2) is 0 Å². The van der Waals surface area contributed by atoms with Gasteiger partial charge in [0.15, 0.2) is 5.76 Å². The first-order valence-corrected chi connectivity index (χ1v) is 7.45. The van der Waals surface area contributed by atoms with Crippen molar-refractivity contribution in [3.63, 3.8) is 0 Å². The van der Waals surface area contributed by atoms with Crippen LogP contribution in [0.5, 0.6) is 0 Å². The monoisotopic (exact) mass is 321 g/mol. The van der Waals surface area contributed by atoms with Crippen LogP contribution in [-0.4, -0.2) is 29.3 Å². The average molecular weight is 321 g/mol. The van der Waals surface area contributed by atoms with Crippen LogP contribution in [-0.2, 0) is 10.5 Å². The molecule has 5 nitrogen and oxygen atoms in total. The van der Waals surface area contributed by atoms with Crippen molar-refractivity contribution in [1.82, 2.24) is 5.32 Å². The van der Waals surface area contributed by atoms with Gasteiger partial charge in [-0.05, 0) is 18.1 Å². The van der Waals surface area contributed by atoms with Gasteiger partial charge < -0.3 is 14.8 Å². The number of hydrogen-bond acceptors (Lipinski definition) is 4. The van der Waals surface area contributed by atoms with E-state index in [2.05, 4.69) is 5.32 Å². The molecule has 2 N–H and O–H groups in total. The predicted molar refractivity (Wildman–Crippen MR) is 74.4 cm³/mol. The number of thioether (sulfide) groups is 1. The summed E-state index contributed by atoms with van der Waals surface area (Å²) in [5.74, 6) is -3.73. The Hall–Kier alpha value is -1.57. The first-order valence-electron chi connectivity index (χ1n) is 6.40. The van der Waals surface area contributed by atoms with Gasteiger partial charge in [-0.1, -0.05) is 25.1 Å². The third-order valence-corrected chi connectivity index (χ3v) is 3.53. The highest BCUT2D eigenvalue weighted by Crippen LogP contribution is 2.21. The van der Waals surface area contributed by atoms with E-state index in [0.717, 1.165) is 0 Å². The zero-order valence-corrected chi connectivity index (χ0v) is 12.3. The van der Waals surface area contributed by atoms with Gasteiger partial charge in [0.05, 0.1) is 5.75 Å². The van der Waals surface area contributed by atoms with Crippen LogP contribution in [0.4, 0.5) is 8.78 Å². The summed E-state index contributed by atoms with van der Waals surface area (Å²) < 4.78 is 29.2. The van der Waals surface area contributed by atoms with Crippen LogP contribution in [0.3, 0.4) is 0 Å². The lowest BCUT2D eigenvalue weighted by Crippen LogP contribution is -2.29. The largest absolute Gasteiger partial charge is 0.481 e. The zero-order valence-electron chi connectivity index (χ0n) is 11.5. The molecule has 1 unspecified atom stereocenters. The molecule has 0 aliphatic rings. The number of carbonyl (C=O) groups is 2. The van der Waals surface area contributed by atoms with Crippen molar-refractivity contribution in [2.45, 2.75) is 31.3 Å². The fourth-order valence-corrected chi connectivity index (χ4v) is 2.10. The molecule has 0 aromatic carbocycles. The van der Waals surface area contributed by atoms with E-state index >= 15 is 0 Å². The van der Waals surface area contributed by atoms with Crippen LogP contribution in [0.2, 0.25) is 0 Å². The van der Waals surface area contributed by atoms with Gasteiger partial charge in [0.1, 0.15) is 5.76 Å². The van der Waals surface area contributed by atoms with E-state index in [1.54, 1.807) is 0 Å². The SMILES string of the molecule is CCC(CNC(=O)c1ccc(CSC(F)F)o1)CC(=O)O. The minimum absolute atomic E-state index is 0.0124. The maximum Gasteiger partial charge on any atom is 0.303 e. The molecule has 0 fully saturated rings. The van der Waals surface area contributed by atoms with Gasteiger partial charge in [0.2, 0.25) is 0 Å². The third-order valence-electron chi connectivity index (χ3n) is 2.83. The number of hydrogen-bond donors (Lipinski definition) is 2.